The smallest absolute Gasteiger partial charge is 0.296 e. The zero-order chi connectivity index (χ0) is 15.3. The number of hydrogen-bond donors (Lipinski definition) is 1. The molecule has 0 amide bonds. The highest BCUT2D eigenvalue weighted by Gasteiger charge is 2.22. The molecule has 0 heterocycles. The van der Waals surface area contributed by atoms with E-state index in [1.807, 2.05) is 0 Å². The molecule has 1 aromatic rings. The Morgan fingerprint density at radius 2 is 1.81 bits per heavy atom. The molecule has 1 N–H and O–H groups in total. The second-order valence-corrected chi connectivity index (χ2v) is 8.02. The van der Waals surface area contributed by atoms with Crippen LogP contribution in [-0.2, 0) is 14.3 Å². The fourth-order valence-electron chi connectivity index (χ4n) is 2.70. The van der Waals surface area contributed by atoms with E-state index in [4.69, 9.17) is 4.18 Å². The van der Waals surface area contributed by atoms with E-state index in [0.29, 0.717) is 6.42 Å². The lowest BCUT2D eigenvalue weighted by molar-refractivity contribution is 0.0649. The summed E-state index contributed by atoms with van der Waals surface area (Å²) in [5.41, 5.74) is 0. The third-order valence-corrected chi connectivity index (χ3v) is 5.80. The van der Waals surface area contributed by atoms with Gasteiger partial charge in [0.25, 0.3) is 10.1 Å². The molecule has 1 atom stereocenters. The van der Waals surface area contributed by atoms with Crippen molar-refractivity contribution in [3.63, 3.8) is 0 Å². The van der Waals surface area contributed by atoms with E-state index in [9.17, 15) is 13.5 Å². The summed E-state index contributed by atoms with van der Waals surface area (Å²) in [6.45, 7) is 0.0239. The Labute approximate surface area is 134 Å². The molecule has 0 aromatic heterocycles. The van der Waals surface area contributed by atoms with E-state index < -0.39 is 16.2 Å². The normalized spacial score (nSPS) is 18.6. The van der Waals surface area contributed by atoms with E-state index in [0.717, 1.165) is 30.2 Å². The molecule has 0 saturated heterocycles. The van der Waals surface area contributed by atoms with E-state index in [2.05, 4.69) is 15.9 Å². The maximum atomic E-state index is 12.0. The molecule has 6 heteroatoms. The highest BCUT2D eigenvalue weighted by Crippen LogP contribution is 2.28. The molecular weight excluding hydrogens is 356 g/mol. The molecule has 2 rings (SSSR count). The van der Waals surface area contributed by atoms with Gasteiger partial charge in [0.05, 0.1) is 17.6 Å². The highest BCUT2D eigenvalue weighted by molar-refractivity contribution is 9.10. The molecule has 118 valence electrons. The van der Waals surface area contributed by atoms with Gasteiger partial charge in [-0.15, -0.1) is 0 Å². The van der Waals surface area contributed by atoms with Gasteiger partial charge in [-0.2, -0.15) is 8.42 Å². The highest BCUT2D eigenvalue weighted by atomic mass is 79.9. The molecule has 0 radical (unpaired) electrons. The van der Waals surface area contributed by atoms with Crippen molar-refractivity contribution < 1.29 is 17.7 Å². The average molecular weight is 377 g/mol. The first-order chi connectivity index (χ1) is 9.99. The summed E-state index contributed by atoms with van der Waals surface area (Å²) in [6, 6.07) is 6.31. The zero-order valence-electron chi connectivity index (χ0n) is 11.9. The van der Waals surface area contributed by atoms with Crippen LogP contribution in [0.1, 0.15) is 38.5 Å². The van der Waals surface area contributed by atoms with Crippen LogP contribution in [0.3, 0.4) is 0 Å². The van der Waals surface area contributed by atoms with Gasteiger partial charge < -0.3 is 5.11 Å². The van der Waals surface area contributed by atoms with Crippen LogP contribution >= 0.6 is 15.9 Å². The summed E-state index contributed by atoms with van der Waals surface area (Å²) in [4.78, 5) is 0.137. The lowest BCUT2D eigenvalue weighted by Crippen LogP contribution is -2.24. The maximum absolute atomic E-state index is 12.0. The second kappa shape index (κ2) is 7.72. The van der Waals surface area contributed by atoms with E-state index in [1.54, 1.807) is 12.1 Å². The summed E-state index contributed by atoms with van der Waals surface area (Å²) < 4.78 is 29.8. The first-order valence-electron chi connectivity index (χ1n) is 7.32. The molecule has 0 bridgehead atoms. The predicted molar refractivity (Wildman–Crippen MR) is 84.5 cm³/mol. The molecule has 21 heavy (non-hydrogen) atoms. The standard InChI is InChI=1S/C15H21BrO4S/c16-13-6-8-14(9-7-13)21(18,19)20-11-10-15(17)12-4-2-1-3-5-12/h6-9,12,15,17H,1-5,10-11H2/t15-/m0/s1. The van der Waals surface area contributed by atoms with Gasteiger partial charge in [0.1, 0.15) is 0 Å². The van der Waals surface area contributed by atoms with Crippen LogP contribution in [0.2, 0.25) is 0 Å². The van der Waals surface area contributed by atoms with Crippen LogP contribution in [0.25, 0.3) is 0 Å². The van der Waals surface area contributed by atoms with E-state index >= 15 is 0 Å². The van der Waals surface area contributed by atoms with Crippen molar-refractivity contribution in [2.24, 2.45) is 5.92 Å². The Hall–Kier alpha value is -0.430. The maximum Gasteiger partial charge on any atom is 0.296 e. The Kier molecular flexibility index (Phi) is 6.22. The lowest BCUT2D eigenvalue weighted by atomic mass is 9.84. The average Bonchev–Trinajstić information content (AvgIpc) is 2.48. The fourth-order valence-corrected chi connectivity index (χ4v) is 3.89. The van der Waals surface area contributed by atoms with E-state index in [1.165, 1.54) is 18.6 Å². The molecule has 1 aliphatic carbocycles. The SMILES string of the molecule is O=S(=O)(OCC[C@H](O)C1CCCCC1)c1ccc(Br)cc1. The molecule has 0 unspecified atom stereocenters. The topological polar surface area (TPSA) is 63.6 Å². The summed E-state index contributed by atoms with van der Waals surface area (Å²) in [7, 11) is -3.74. The summed E-state index contributed by atoms with van der Waals surface area (Å²) in [6.07, 6.45) is 5.49. The van der Waals surface area contributed by atoms with Crippen molar-refractivity contribution in [3.8, 4) is 0 Å². The zero-order valence-corrected chi connectivity index (χ0v) is 14.3. The van der Waals surface area contributed by atoms with Crippen LogP contribution in [0.4, 0.5) is 0 Å². The van der Waals surface area contributed by atoms with Gasteiger partial charge in [-0.05, 0) is 49.4 Å². The Bertz CT molecular complexity index is 535. The largest absolute Gasteiger partial charge is 0.393 e. The molecule has 1 fully saturated rings. The Balaban J connectivity index is 1.83. The van der Waals surface area contributed by atoms with Crippen molar-refractivity contribution in [2.75, 3.05) is 6.61 Å². The van der Waals surface area contributed by atoms with Crippen molar-refractivity contribution in [1.82, 2.24) is 0 Å². The number of benzene rings is 1. The van der Waals surface area contributed by atoms with Gasteiger partial charge in [0.15, 0.2) is 0 Å². The number of aliphatic hydroxyl groups is 1. The van der Waals surface area contributed by atoms with Gasteiger partial charge in [0, 0.05) is 4.47 Å². The summed E-state index contributed by atoms with van der Waals surface area (Å²) in [5.74, 6) is 0.290. The van der Waals surface area contributed by atoms with Gasteiger partial charge in [0.2, 0.25) is 0 Å². The summed E-state index contributed by atoms with van der Waals surface area (Å²) in [5, 5.41) is 10.1. The molecule has 1 aliphatic rings. The Morgan fingerprint density at radius 3 is 2.43 bits per heavy atom. The molecule has 0 spiro atoms. The minimum atomic E-state index is -3.74. The molecule has 1 aromatic carbocycles. The minimum absolute atomic E-state index is 0.0239. The molecule has 1 saturated carbocycles. The number of rotatable bonds is 6. The van der Waals surface area contributed by atoms with E-state index in [-0.39, 0.29) is 17.4 Å². The summed E-state index contributed by atoms with van der Waals surface area (Å²) >= 11 is 3.26. The third kappa shape index (κ3) is 5.06. The van der Waals surface area contributed by atoms with Gasteiger partial charge >= 0.3 is 0 Å². The second-order valence-electron chi connectivity index (χ2n) is 5.48. The van der Waals surface area contributed by atoms with Crippen molar-refractivity contribution in [3.05, 3.63) is 28.7 Å². The molecule has 0 aliphatic heterocycles. The first kappa shape index (κ1) is 16.9. The van der Waals surface area contributed by atoms with Crippen LogP contribution in [0, 0.1) is 5.92 Å². The van der Waals surface area contributed by atoms with Gasteiger partial charge in [-0.25, -0.2) is 0 Å². The van der Waals surface area contributed by atoms with Crippen LogP contribution < -0.4 is 0 Å². The lowest BCUT2D eigenvalue weighted by Gasteiger charge is -2.26. The first-order valence-corrected chi connectivity index (χ1v) is 9.52. The van der Waals surface area contributed by atoms with Crippen LogP contribution in [0.15, 0.2) is 33.6 Å². The number of aliphatic hydroxyl groups excluding tert-OH is 1. The quantitative estimate of drug-likeness (QED) is 0.771. The number of halogens is 1. The third-order valence-electron chi connectivity index (χ3n) is 3.95. The fraction of sp³-hybridized carbons (Fsp3) is 0.600. The van der Waals surface area contributed by atoms with Crippen LogP contribution in [-0.4, -0.2) is 26.2 Å². The van der Waals surface area contributed by atoms with Gasteiger partial charge in [-0.3, -0.25) is 4.18 Å². The molecular formula is C15H21BrO4S. The monoisotopic (exact) mass is 376 g/mol. The van der Waals surface area contributed by atoms with Crippen molar-refractivity contribution >= 4 is 26.0 Å². The Morgan fingerprint density at radius 1 is 1.19 bits per heavy atom. The van der Waals surface area contributed by atoms with Crippen LogP contribution in [0.5, 0.6) is 0 Å². The van der Waals surface area contributed by atoms with Gasteiger partial charge in [-0.1, -0.05) is 35.2 Å². The minimum Gasteiger partial charge on any atom is -0.393 e. The number of hydrogen-bond acceptors (Lipinski definition) is 4. The van der Waals surface area contributed by atoms with Crippen molar-refractivity contribution in [1.29, 1.82) is 0 Å². The predicted octanol–water partition coefficient (Wildman–Crippen LogP) is 3.49. The molecule has 4 nitrogen and oxygen atoms in total. The van der Waals surface area contributed by atoms with Crippen molar-refractivity contribution in [2.45, 2.75) is 49.5 Å².